The molecule has 1 rings (SSSR count). The lowest BCUT2D eigenvalue weighted by Crippen LogP contribution is -2.41. The maximum absolute atomic E-state index is 12.1. The Balaban J connectivity index is 0.00000704. The highest BCUT2D eigenvalue weighted by Crippen LogP contribution is 2.14. The molecule has 2 amide bonds. The van der Waals surface area contributed by atoms with Gasteiger partial charge in [-0.25, -0.2) is 9.59 Å². The van der Waals surface area contributed by atoms with Crippen molar-refractivity contribution in [1.82, 2.24) is 10.6 Å². The number of ether oxygens (including phenoxy) is 1. The number of amides is 2. The molecule has 0 saturated carbocycles. The van der Waals surface area contributed by atoms with Crippen LogP contribution >= 0.6 is 0 Å². The molecule has 0 aliphatic rings. The molecule has 0 bridgehead atoms. The summed E-state index contributed by atoms with van der Waals surface area (Å²) in [6.07, 6.45) is 11.6. The van der Waals surface area contributed by atoms with E-state index < -0.39 is 18.0 Å². The van der Waals surface area contributed by atoms with Crippen molar-refractivity contribution < 1.29 is 34.1 Å². The molecule has 0 fully saturated rings. The predicted octanol–water partition coefficient (Wildman–Crippen LogP) is 5.96. The van der Waals surface area contributed by atoms with Gasteiger partial charge in [0.25, 0.3) is 0 Å². The Hall–Kier alpha value is -3.10. The van der Waals surface area contributed by atoms with Gasteiger partial charge in [-0.15, -0.1) is 0 Å². The van der Waals surface area contributed by atoms with Gasteiger partial charge in [0.1, 0.15) is 11.8 Å². The summed E-state index contributed by atoms with van der Waals surface area (Å²) in [7, 11) is 0. The first-order valence-corrected chi connectivity index (χ1v) is 14.6. The normalized spacial score (nSPS) is 11.1. The number of aliphatic carboxylic acids is 1. The van der Waals surface area contributed by atoms with Gasteiger partial charge in [0.05, 0.1) is 12.2 Å². The van der Waals surface area contributed by atoms with Gasteiger partial charge < -0.3 is 25.6 Å². The van der Waals surface area contributed by atoms with Gasteiger partial charge in [-0.2, -0.15) is 0 Å². The predicted molar refractivity (Wildman–Crippen MR) is 153 cm³/mol. The van der Waals surface area contributed by atoms with E-state index in [9.17, 15) is 24.3 Å². The van der Waals surface area contributed by atoms with Crippen LogP contribution in [0.4, 0.5) is 0 Å². The maximum atomic E-state index is 12.1. The molecule has 1 aromatic rings. The quantitative estimate of drug-likeness (QED) is 0.131. The zero-order valence-electron chi connectivity index (χ0n) is 24.1. The van der Waals surface area contributed by atoms with Crippen LogP contribution in [0.1, 0.15) is 121 Å². The van der Waals surface area contributed by atoms with Crippen molar-refractivity contribution >= 4 is 23.8 Å². The Morgan fingerprint density at radius 1 is 0.769 bits per heavy atom. The van der Waals surface area contributed by atoms with E-state index in [1.54, 1.807) is 12.1 Å². The first-order chi connectivity index (χ1) is 18.8. The first-order valence-electron chi connectivity index (χ1n) is 14.6. The summed E-state index contributed by atoms with van der Waals surface area (Å²) in [6, 6.07) is 5.39. The van der Waals surface area contributed by atoms with Gasteiger partial charge in [-0.3, -0.25) is 9.59 Å². The lowest BCUT2D eigenvalue weighted by atomic mass is 10.1. The average molecular weight is 551 g/mol. The minimum atomic E-state index is -1.12. The van der Waals surface area contributed by atoms with E-state index in [0.717, 1.165) is 70.6 Å². The van der Waals surface area contributed by atoms with Crippen molar-refractivity contribution in [2.75, 3.05) is 13.2 Å². The molecule has 0 radical (unpaired) electrons. The fourth-order valence-electron chi connectivity index (χ4n) is 3.80. The van der Waals surface area contributed by atoms with E-state index in [-0.39, 0.29) is 30.2 Å². The molecule has 9 heteroatoms. The van der Waals surface area contributed by atoms with Gasteiger partial charge in [0.15, 0.2) is 0 Å². The summed E-state index contributed by atoms with van der Waals surface area (Å²) in [4.78, 5) is 46.1. The third kappa shape index (κ3) is 19.6. The number of benzene rings is 1. The summed E-state index contributed by atoms with van der Waals surface area (Å²) < 4.78 is 5.64. The highest BCUT2D eigenvalue weighted by atomic mass is 16.5. The number of carbonyl (C=O) groups excluding carboxylic acids is 2. The smallest absolute Gasteiger partial charge is 0.335 e. The summed E-state index contributed by atoms with van der Waals surface area (Å²) in [6.45, 7) is 7.23. The molecule has 0 aliphatic heterocycles. The molecule has 0 unspecified atom stereocenters. The second-order valence-electron chi connectivity index (χ2n) is 9.31. The molecular weight excluding hydrogens is 500 g/mol. The molecule has 0 spiro atoms. The van der Waals surface area contributed by atoms with Crippen LogP contribution in [0.3, 0.4) is 0 Å². The van der Waals surface area contributed by atoms with E-state index in [1.165, 1.54) is 12.1 Å². The number of aromatic carboxylic acids is 1. The molecule has 4 N–H and O–H groups in total. The van der Waals surface area contributed by atoms with Crippen LogP contribution in [0.25, 0.3) is 0 Å². The number of carbonyl (C=O) groups is 4. The highest BCUT2D eigenvalue weighted by Gasteiger charge is 2.20. The number of rotatable bonds is 22. The lowest BCUT2D eigenvalue weighted by Gasteiger charge is -2.14. The fourth-order valence-corrected chi connectivity index (χ4v) is 3.80. The molecule has 1 aromatic carbocycles. The van der Waals surface area contributed by atoms with Crippen molar-refractivity contribution in [3.05, 3.63) is 29.8 Å². The number of carboxylic acids is 2. The van der Waals surface area contributed by atoms with Crippen molar-refractivity contribution in [3.8, 4) is 5.75 Å². The summed E-state index contributed by atoms with van der Waals surface area (Å²) >= 11 is 0. The molecular formula is C30H50N2O7. The second kappa shape index (κ2) is 24.0. The first kappa shape index (κ1) is 35.9. The van der Waals surface area contributed by atoms with Crippen molar-refractivity contribution in [3.63, 3.8) is 0 Å². The SMILES string of the molecule is CC.CCCCNC(=O)CC[C@H](NC(=O)CCCCCCCCCCCOc1ccc(C(=O)O)cc1)C(=O)O. The molecule has 9 nitrogen and oxygen atoms in total. The van der Waals surface area contributed by atoms with Crippen LogP contribution in [0.5, 0.6) is 5.75 Å². The Morgan fingerprint density at radius 3 is 1.87 bits per heavy atom. The van der Waals surface area contributed by atoms with Crippen molar-refractivity contribution in [1.29, 1.82) is 0 Å². The molecule has 1 atom stereocenters. The number of unbranched alkanes of at least 4 members (excludes halogenated alkanes) is 9. The van der Waals surface area contributed by atoms with Gasteiger partial charge >= 0.3 is 11.9 Å². The molecule has 0 aliphatic carbocycles. The van der Waals surface area contributed by atoms with E-state index >= 15 is 0 Å². The topological polar surface area (TPSA) is 142 Å². The third-order valence-corrected chi connectivity index (χ3v) is 6.06. The van der Waals surface area contributed by atoms with Crippen LogP contribution in [0.2, 0.25) is 0 Å². The van der Waals surface area contributed by atoms with Crippen LogP contribution in [0, 0.1) is 0 Å². The Bertz CT molecular complexity index is 812. The molecule has 0 heterocycles. The summed E-state index contributed by atoms with van der Waals surface area (Å²) in [5.41, 5.74) is 0.248. The van der Waals surface area contributed by atoms with Crippen LogP contribution < -0.4 is 15.4 Å². The molecule has 0 aromatic heterocycles. The van der Waals surface area contributed by atoms with Gasteiger partial charge in [0.2, 0.25) is 11.8 Å². The Labute approximate surface area is 234 Å². The molecule has 222 valence electrons. The Morgan fingerprint density at radius 2 is 1.33 bits per heavy atom. The van der Waals surface area contributed by atoms with E-state index in [0.29, 0.717) is 25.3 Å². The van der Waals surface area contributed by atoms with E-state index in [2.05, 4.69) is 10.6 Å². The minimum absolute atomic E-state index is 0.0797. The fraction of sp³-hybridized carbons (Fsp3) is 0.667. The Kier molecular flexibility index (Phi) is 22.1. The largest absolute Gasteiger partial charge is 0.494 e. The highest BCUT2D eigenvalue weighted by molar-refractivity contribution is 5.87. The summed E-state index contributed by atoms with van der Waals surface area (Å²) in [5.74, 6) is -1.85. The monoisotopic (exact) mass is 550 g/mol. The van der Waals surface area contributed by atoms with Crippen LogP contribution in [0.15, 0.2) is 24.3 Å². The third-order valence-electron chi connectivity index (χ3n) is 6.06. The van der Waals surface area contributed by atoms with Gasteiger partial charge in [0, 0.05) is 19.4 Å². The maximum Gasteiger partial charge on any atom is 0.335 e. The summed E-state index contributed by atoms with van der Waals surface area (Å²) in [5, 5.41) is 23.5. The van der Waals surface area contributed by atoms with E-state index in [1.807, 2.05) is 20.8 Å². The number of nitrogens with one attached hydrogen (secondary N) is 2. The second-order valence-corrected chi connectivity index (χ2v) is 9.31. The van der Waals surface area contributed by atoms with Gasteiger partial charge in [-0.1, -0.05) is 72.1 Å². The van der Waals surface area contributed by atoms with Crippen molar-refractivity contribution in [2.45, 2.75) is 117 Å². The zero-order valence-corrected chi connectivity index (χ0v) is 24.1. The van der Waals surface area contributed by atoms with Crippen LogP contribution in [-0.2, 0) is 14.4 Å². The van der Waals surface area contributed by atoms with E-state index in [4.69, 9.17) is 9.84 Å². The lowest BCUT2D eigenvalue weighted by molar-refractivity contribution is -0.142. The molecule has 39 heavy (non-hydrogen) atoms. The molecule has 0 saturated heterocycles. The number of carboxylic acid groups (broad SMARTS) is 2. The van der Waals surface area contributed by atoms with Crippen LogP contribution in [-0.4, -0.2) is 53.2 Å². The minimum Gasteiger partial charge on any atom is -0.494 e. The van der Waals surface area contributed by atoms with Gasteiger partial charge in [-0.05, 0) is 49.9 Å². The average Bonchev–Trinajstić information content (AvgIpc) is 2.93. The number of hydrogen-bond acceptors (Lipinski definition) is 5. The van der Waals surface area contributed by atoms with Crippen molar-refractivity contribution in [2.24, 2.45) is 0 Å². The zero-order chi connectivity index (χ0) is 29.3. The standard InChI is InChI=1S/C28H44N2O7.C2H6/c1-2-3-20-29-25(31)19-18-24(28(35)36)30-26(32)13-11-9-7-5-4-6-8-10-12-21-37-23-16-14-22(15-17-23)27(33)34;1-2/h14-17,24H,2-13,18-21H2,1H3,(H,29,31)(H,30,32)(H,33,34)(H,35,36);1-2H3/t24-;/m0./s1. The number of hydrogen-bond donors (Lipinski definition) is 4.